The van der Waals surface area contributed by atoms with Crippen LogP contribution in [0.4, 0.5) is 0 Å². The topological polar surface area (TPSA) is 60.6 Å². The second kappa shape index (κ2) is 3.41. The average molecular weight is 218 g/mol. The van der Waals surface area contributed by atoms with Gasteiger partial charge in [0, 0.05) is 31.9 Å². The molecular formula is C10H14N6. The van der Waals surface area contributed by atoms with Gasteiger partial charge in [-0.05, 0) is 6.92 Å². The van der Waals surface area contributed by atoms with Crippen molar-refractivity contribution in [2.24, 2.45) is 7.05 Å². The van der Waals surface area contributed by atoms with Gasteiger partial charge in [0.25, 0.3) is 0 Å². The molecule has 2 aromatic heterocycles. The van der Waals surface area contributed by atoms with E-state index in [9.17, 15) is 0 Å². The molecule has 0 saturated heterocycles. The summed E-state index contributed by atoms with van der Waals surface area (Å²) >= 11 is 0. The summed E-state index contributed by atoms with van der Waals surface area (Å²) in [5.41, 5.74) is 1.14. The fraction of sp³-hybridized carbons (Fsp3) is 0.500. The Bertz CT molecular complexity index is 511. The van der Waals surface area contributed by atoms with Gasteiger partial charge in [0.05, 0.1) is 12.2 Å². The molecule has 1 N–H and O–H groups in total. The van der Waals surface area contributed by atoms with Crippen LogP contribution < -0.4 is 5.32 Å². The van der Waals surface area contributed by atoms with Gasteiger partial charge in [0.1, 0.15) is 5.82 Å². The van der Waals surface area contributed by atoms with Crippen molar-refractivity contribution in [1.82, 2.24) is 29.9 Å². The maximum absolute atomic E-state index is 4.24. The molecule has 0 radical (unpaired) electrons. The first-order chi connectivity index (χ1) is 7.75. The van der Waals surface area contributed by atoms with Crippen molar-refractivity contribution in [3.63, 3.8) is 0 Å². The van der Waals surface area contributed by atoms with Crippen molar-refractivity contribution >= 4 is 0 Å². The molecule has 3 heterocycles. The third kappa shape index (κ3) is 1.34. The second-order valence-corrected chi connectivity index (χ2v) is 4.09. The molecule has 84 valence electrons. The molecule has 0 aromatic carbocycles. The number of aromatic nitrogens is 5. The van der Waals surface area contributed by atoms with Gasteiger partial charge in [-0.3, -0.25) is 4.68 Å². The molecule has 0 saturated carbocycles. The van der Waals surface area contributed by atoms with Crippen LogP contribution >= 0.6 is 0 Å². The van der Waals surface area contributed by atoms with Gasteiger partial charge < -0.3 is 9.88 Å². The van der Waals surface area contributed by atoms with Crippen LogP contribution in [-0.2, 0) is 13.6 Å². The van der Waals surface area contributed by atoms with Gasteiger partial charge in [0.2, 0.25) is 0 Å². The van der Waals surface area contributed by atoms with Crippen molar-refractivity contribution in [3.05, 3.63) is 29.6 Å². The molecule has 6 heteroatoms. The highest BCUT2D eigenvalue weighted by molar-refractivity contribution is 5.21. The lowest BCUT2D eigenvalue weighted by Crippen LogP contribution is -2.34. The number of nitrogens with zero attached hydrogens (tertiary/aromatic N) is 5. The van der Waals surface area contributed by atoms with Crippen LogP contribution in [0.3, 0.4) is 0 Å². The first-order valence-electron chi connectivity index (χ1n) is 5.37. The summed E-state index contributed by atoms with van der Waals surface area (Å²) in [4.78, 5) is 0. The van der Waals surface area contributed by atoms with Gasteiger partial charge in [0.15, 0.2) is 5.82 Å². The van der Waals surface area contributed by atoms with Gasteiger partial charge in [-0.2, -0.15) is 5.10 Å². The van der Waals surface area contributed by atoms with E-state index in [0.717, 1.165) is 30.3 Å². The average Bonchev–Trinajstić information content (AvgIpc) is 2.86. The Kier molecular flexibility index (Phi) is 2.03. The second-order valence-electron chi connectivity index (χ2n) is 4.09. The van der Waals surface area contributed by atoms with E-state index in [1.807, 2.05) is 26.4 Å². The Labute approximate surface area is 93.3 Å². The Morgan fingerprint density at radius 1 is 1.44 bits per heavy atom. The predicted molar refractivity (Wildman–Crippen MR) is 57.8 cm³/mol. The third-order valence-electron chi connectivity index (χ3n) is 2.96. The van der Waals surface area contributed by atoms with E-state index in [2.05, 4.69) is 25.2 Å². The lowest BCUT2D eigenvalue weighted by molar-refractivity contribution is 0.450. The molecule has 16 heavy (non-hydrogen) atoms. The van der Waals surface area contributed by atoms with Crippen molar-refractivity contribution in [1.29, 1.82) is 0 Å². The van der Waals surface area contributed by atoms with E-state index in [1.165, 1.54) is 0 Å². The molecule has 0 fully saturated rings. The van der Waals surface area contributed by atoms with Gasteiger partial charge in [-0.1, -0.05) is 0 Å². The maximum Gasteiger partial charge on any atom is 0.154 e. The Balaban J connectivity index is 2.05. The number of hydrogen-bond donors (Lipinski definition) is 1. The number of nitrogens with one attached hydrogen (secondary N) is 1. The normalized spacial score (nSPS) is 19.8. The summed E-state index contributed by atoms with van der Waals surface area (Å²) in [6.45, 7) is 3.86. The predicted octanol–water partition coefficient (Wildman–Crippen LogP) is 0.0126. The molecule has 0 bridgehead atoms. The molecule has 0 amide bonds. The van der Waals surface area contributed by atoms with Crippen LogP contribution in [0.5, 0.6) is 0 Å². The minimum Gasteiger partial charge on any atom is -0.312 e. The number of fused-ring (bicyclic) bond motifs is 1. The van der Waals surface area contributed by atoms with Crippen molar-refractivity contribution in [2.75, 3.05) is 6.54 Å². The molecule has 1 unspecified atom stereocenters. The first-order valence-corrected chi connectivity index (χ1v) is 5.37. The van der Waals surface area contributed by atoms with Crippen LogP contribution in [0.2, 0.25) is 0 Å². The largest absolute Gasteiger partial charge is 0.312 e. The van der Waals surface area contributed by atoms with Crippen LogP contribution in [0.25, 0.3) is 0 Å². The van der Waals surface area contributed by atoms with E-state index < -0.39 is 0 Å². The van der Waals surface area contributed by atoms with Gasteiger partial charge in [-0.15, -0.1) is 10.2 Å². The zero-order valence-corrected chi connectivity index (χ0v) is 9.38. The Hall–Kier alpha value is -1.69. The lowest BCUT2D eigenvalue weighted by atomic mass is 10.1. The first kappa shape index (κ1) is 9.53. The lowest BCUT2D eigenvalue weighted by Gasteiger charge is -2.23. The zero-order valence-electron chi connectivity index (χ0n) is 9.38. The molecular weight excluding hydrogens is 204 g/mol. The quantitative estimate of drug-likeness (QED) is 0.732. The minimum atomic E-state index is 0.114. The zero-order chi connectivity index (χ0) is 11.1. The summed E-state index contributed by atoms with van der Waals surface area (Å²) in [5.74, 6) is 1.96. The molecule has 2 aromatic rings. The summed E-state index contributed by atoms with van der Waals surface area (Å²) in [6, 6.07) is 0.114. The molecule has 0 spiro atoms. The maximum atomic E-state index is 4.24. The van der Waals surface area contributed by atoms with Crippen LogP contribution in [0.15, 0.2) is 12.4 Å². The van der Waals surface area contributed by atoms with Crippen LogP contribution in [-0.4, -0.2) is 31.1 Å². The minimum absolute atomic E-state index is 0.114. The molecule has 1 atom stereocenters. The van der Waals surface area contributed by atoms with E-state index in [1.54, 1.807) is 4.68 Å². The van der Waals surface area contributed by atoms with Gasteiger partial charge in [-0.25, -0.2) is 0 Å². The number of hydrogen-bond acceptors (Lipinski definition) is 4. The number of aryl methyl sites for hydroxylation is 2. The summed E-state index contributed by atoms with van der Waals surface area (Å²) in [6.07, 6.45) is 3.88. The fourth-order valence-corrected chi connectivity index (χ4v) is 2.16. The van der Waals surface area contributed by atoms with Crippen molar-refractivity contribution in [2.45, 2.75) is 19.5 Å². The SMILES string of the molecule is Cc1nnc2n1CCNC2c1cnn(C)c1. The highest BCUT2D eigenvalue weighted by atomic mass is 15.3. The summed E-state index contributed by atoms with van der Waals surface area (Å²) in [5, 5.41) is 16.0. The van der Waals surface area contributed by atoms with Crippen molar-refractivity contribution < 1.29 is 0 Å². The summed E-state index contributed by atoms with van der Waals surface area (Å²) in [7, 11) is 1.92. The van der Waals surface area contributed by atoms with E-state index in [-0.39, 0.29) is 6.04 Å². The standard InChI is InChI=1S/C10H14N6/c1-7-13-14-10-9(11-3-4-16(7)10)8-5-12-15(2)6-8/h5-6,9,11H,3-4H2,1-2H3. The fourth-order valence-electron chi connectivity index (χ4n) is 2.16. The molecule has 6 nitrogen and oxygen atoms in total. The van der Waals surface area contributed by atoms with E-state index in [4.69, 9.17) is 0 Å². The highest BCUT2D eigenvalue weighted by Crippen LogP contribution is 2.23. The number of rotatable bonds is 1. The molecule has 1 aliphatic heterocycles. The molecule has 1 aliphatic rings. The highest BCUT2D eigenvalue weighted by Gasteiger charge is 2.25. The van der Waals surface area contributed by atoms with Crippen LogP contribution in [0.1, 0.15) is 23.3 Å². The molecule has 0 aliphatic carbocycles. The van der Waals surface area contributed by atoms with Crippen molar-refractivity contribution in [3.8, 4) is 0 Å². The Morgan fingerprint density at radius 2 is 2.31 bits per heavy atom. The smallest absolute Gasteiger partial charge is 0.154 e. The third-order valence-corrected chi connectivity index (χ3v) is 2.96. The Morgan fingerprint density at radius 3 is 3.06 bits per heavy atom. The summed E-state index contributed by atoms with van der Waals surface area (Å²) < 4.78 is 3.97. The monoisotopic (exact) mass is 218 g/mol. The van der Waals surface area contributed by atoms with Crippen LogP contribution in [0, 0.1) is 6.92 Å². The van der Waals surface area contributed by atoms with E-state index >= 15 is 0 Å². The molecule has 3 rings (SSSR count). The van der Waals surface area contributed by atoms with E-state index in [0.29, 0.717) is 0 Å². The van der Waals surface area contributed by atoms with Gasteiger partial charge >= 0.3 is 0 Å².